The van der Waals surface area contributed by atoms with E-state index in [4.69, 9.17) is 14.3 Å². The molecule has 0 aromatic heterocycles. The molecular formula is C25H21NO4. The molecule has 1 heterocycles. The Labute approximate surface area is 175 Å². The average Bonchev–Trinajstić information content (AvgIpc) is 3.14. The van der Waals surface area contributed by atoms with Gasteiger partial charge in [0, 0.05) is 5.56 Å². The van der Waals surface area contributed by atoms with Crippen LogP contribution in [0.2, 0.25) is 0 Å². The van der Waals surface area contributed by atoms with Crippen LogP contribution in [0.5, 0.6) is 11.5 Å². The van der Waals surface area contributed by atoms with E-state index in [-0.39, 0.29) is 0 Å². The van der Waals surface area contributed by atoms with Crippen molar-refractivity contribution in [3.8, 4) is 11.5 Å². The van der Waals surface area contributed by atoms with Crippen LogP contribution >= 0.6 is 0 Å². The predicted molar refractivity (Wildman–Crippen MR) is 116 cm³/mol. The fourth-order valence-electron chi connectivity index (χ4n) is 3.12. The first-order valence-electron chi connectivity index (χ1n) is 9.57. The lowest BCUT2D eigenvalue weighted by Crippen LogP contribution is -2.06. The van der Waals surface area contributed by atoms with Crippen molar-refractivity contribution >= 4 is 17.8 Å². The Hall–Kier alpha value is -3.86. The van der Waals surface area contributed by atoms with E-state index in [1.54, 1.807) is 13.2 Å². The Morgan fingerprint density at radius 2 is 1.73 bits per heavy atom. The number of ether oxygens (including phenoxy) is 2. The summed E-state index contributed by atoms with van der Waals surface area (Å²) in [5.74, 6) is 0.736. The van der Waals surface area contributed by atoms with Gasteiger partial charge in [0.2, 0.25) is 0 Å². The third-order valence-corrected chi connectivity index (χ3v) is 4.76. The molecule has 0 saturated carbocycles. The lowest BCUT2D eigenvalue weighted by Gasteiger charge is -2.12. The molecule has 0 atom stereocenters. The number of hydrogen-bond donors (Lipinski definition) is 0. The van der Waals surface area contributed by atoms with E-state index in [0.717, 1.165) is 16.7 Å². The molecule has 0 bridgehead atoms. The van der Waals surface area contributed by atoms with E-state index >= 15 is 0 Å². The SMILES string of the molecule is COc1cc(/C=C2\C(=O)ON=C2c2ccccc2)ccc1OCc1ccc(C)cc1. The van der Waals surface area contributed by atoms with E-state index in [1.165, 1.54) is 5.56 Å². The van der Waals surface area contributed by atoms with Crippen molar-refractivity contribution < 1.29 is 19.1 Å². The van der Waals surface area contributed by atoms with Crippen LogP contribution in [0.3, 0.4) is 0 Å². The Kier molecular flexibility index (Phi) is 5.61. The van der Waals surface area contributed by atoms with Crippen molar-refractivity contribution in [2.45, 2.75) is 13.5 Å². The second kappa shape index (κ2) is 8.66. The largest absolute Gasteiger partial charge is 0.493 e. The Balaban J connectivity index is 1.57. The predicted octanol–water partition coefficient (Wildman–Crippen LogP) is 4.93. The number of oxime groups is 1. The van der Waals surface area contributed by atoms with Gasteiger partial charge < -0.3 is 14.3 Å². The van der Waals surface area contributed by atoms with Crippen LogP contribution in [-0.4, -0.2) is 18.8 Å². The van der Waals surface area contributed by atoms with Gasteiger partial charge in [0.1, 0.15) is 12.3 Å². The second-order valence-corrected chi connectivity index (χ2v) is 6.93. The third kappa shape index (κ3) is 4.25. The molecule has 0 amide bonds. The van der Waals surface area contributed by atoms with Crippen molar-refractivity contribution in [1.82, 2.24) is 0 Å². The summed E-state index contributed by atoms with van der Waals surface area (Å²) in [7, 11) is 1.59. The molecule has 0 fully saturated rings. The van der Waals surface area contributed by atoms with Gasteiger partial charge in [0.15, 0.2) is 11.5 Å². The Morgan fingerprint density at radius 1 is 0.967 bits per heavy atom. The number of nitrogens with zero attached hydrogens (tertiary/aromatic N) is 1. The topological polar surface area (TPSA) is 57.1 Å². The van der Waals surface area contributed by atoms with Crippen molar-refractivity contribution in [3.63, 3.8) is 0 Å². The van der Waals surface area contributed by atoms with Crippen molar-refractivity contribution in [2.75, 3.05) is 7.11 Å². The molecule has 1 aliphatic rings. The molecule has 0 unspecified atom stereocenters. The van der Waals surface area contributed by atoms with Gasteiger partial charge in [0.05, 0.1) is 12.7 Å². The van der Waals surface area contributed by atoms with Crippen LogP contribution < -0.4 is 9.47 Å². The monoisotopic (exact) mass is 399 g/mol. The maximum Gasteiger partial charge on any atom is 0.368 e. The molecule has 5 heteroatoms. The Bertz CT molecular complexity index is 1120. The molecule has 150 valence electrons. The van der Waals surface area contributed by atoms with E-state index in [9.17, 15) is 4.79 Å². The first-order chi connectivity index (χ1) is 14.6. The molecule has 1 aliphatic heterocycles. The molecule has 0 saturated heterocycles. The number of carbonyl (C=O) groups excluding carboxylic acids is 1. The van der Waals surface area contributed by atoms with Crippen LogP contribution in [0, 0.1) is 6.92 Å². The zero-order valence-electron chi connectivity index (χ0n) is 16.8. The van der Waals surface area contributed by atoms with E-state index in [2.05, 4.69) is 24.2 Å². The minimum absolute atomic E-state index is 0.400. The normalized spacial score (nSPS) is 14.4. The maximum atomic E-state index is 12.2. The van der Waals surface area contributed by atoms with E-state index in [1.807, 2.05) is 60.7 Å². The summed E-state index contributed by atoms with van der Waals surface area (Å²) in [6.45, 7) is 2.49. The fraction of sp³-hybridized carbons (Fsp3) is 0.120. The van der Waals surface area contributed by atoms with Gasteiger partial charge in [-0.1, -0.05) is 71.4 Å². The molecule has 3 aromatic rings. The molecule has 0 N–H and O–H groups in total. The number of methoxy groups -OCH3 is 1. The van der Waals surface area contributed by atoms with Crippen LogP contribution in [0.25, 0.3) is 6.08 Å². The highest BCUT2D eigenvalue weighted by Crippen LogP contribution is 2.30. The molecule has 0 radical (unpaired) electrons. The molecule has 0 aliphatic carbocycles. The number of benzene rings is 3. The first-order valence-corrected chi connectivity index (χ1v) is 9.57. The average molecular weight is 399 g/mol. The van der Waals surface area contributed by atoms with Gasteiger partial charge in [-0.25, -0.2) is 4.79 Å². The molecule has 4 rings (SSSR count). The van der Waals surface area contributed by atoms with Gasteiger partial charge in [-0.15, -0.1) is 0 Å². The lowest BCUT2D eigenvalue weighted by atomic mass is 10.0. The minimum Gasteiger partial charge on any atom is -0.493 e. The summed E-state index contributed by atoms with van der Waals surface area (Å²) in [6.07, 6.45) is 1.74. The summed E-state index contributed by atoms with van der Waals surface area (Å²) in [6, 6.07) is 23.2. The summed E-state index contributed by atoms with van der Waals surface area (Å²) in [5.41, 5.74) is 4.80. The number of carbonyl (C=O) groups is 1. The molecule has 30 heavy (non-hydrogen) atoms. The molecule has 0 spiro atoms. The summed E-state index contributed by atoms with van der Waals surface area (Å²) < 4.78 is 11.4. The summed E-state index contributed by atoms with van der Waals surface area (Å²) >= 11 is 0. The number of rotatable bonds is 6. The second-order valence-electron chi connectivity index (χ2n) is 6.93. The number of hydrogen-bond acceptors (Lipinski definition) is 5. The zero-order valence-corrected chi connectivity index (χ0v) is 16.8. The zero-order chi connectivity index (χ0) is 20.9. The summed E-state index contributed by atoms with van der Waals surface area (Å²) in [5, 5.41) is 3.94. The highest BCUT2D eigenvalue weighted by molar-refractivity contribution is 6.31. The van der Waals surface area contributed by atoms with Crippen LogP contribution in [-0.2, 0) is 16.2 Å². The highest BCUT2D eigenvalue weighted by Gasteiger charge is 2.26. The first kappa shape index (κ1) is 19.5. The summed E-state index contributed by atoms with van der Waals surface area (Å²) in [4.78, 5) is 17.1. The quantitative estimate of drug-likeness (QED) is 0.436. The smallest absolute Gasteiger partial charge is 0.368 e. The fourth-order valence-corrected chi connectivity index (χ4v) is 3.12. The van der Waals surface area contributed by atoms with Gasteiger partial charge in [0.25, 0.3) is 0 Å². The van der Waals surface area contributed by atoms with Gasteiger partial charge in [-0.2, -0.15) is 0 Å². The van der Waals surface area contributed by atoms with Gasteiger partial charge in [-0.05, 0) is 36.3 Å². The van der Waals surface area contributed by atoms with Crippen LogP contribution in [0.4, 0.5) is 0 Å². The van der Waals surface area contributed by atoms with Crippen molar-refractivity contribution in [2.24, 2.45) is 5.16 Å². The minimum atomic E-state index is -0.479. The number of aryl methyl sites for hydroxylation is 1. The van der Waals surface area contributed by atoms with Crippen LogP contribution in [0.15, 0.2) is 83.5 Å². The maximum absolute atomic E-state index is 12.2. The van der Waals surface area contributed by atoms with Gasteiger partial charge in [-0.3, -0.25) is 0 Å². The van der Waals surface area contributed by atoms with Crippen molar-refractivity contribution in [1.29, 1.82) is 0 Å². The standard InChI is InChI=1S/C25H21NO4/c1-17-8-10-18(11-9-17)16-29-22-13-12-19(15-23(22)28-2)14-21-24(26-30-25(21)27)20-6-4-3-5-7-20/h3-15H,16H2,1-2H3/b21-14-. The Morgan fingerprint density at radius 3 is 2.47 bits per heavy atom. The molecule has 3 aromatic carbocycles. The van der Waals surface area contributed by atoms with Crippen LogP contribution in [0.1, 0.15) is 22.3 Å². The molecular weight excluding hydrogens is 378 g/mol. The lowest BCUT2D eigenvalue weighted by molar-refractivity contribution is -0.136. The highest BCUT2D eigenvalue weighted by atomic mass is 16.7. The third-order valence-electron chi connectivity index (χ3n) is 4.76. The van der Waals surface area contributed by atoms with Crippen molar-refractivity contribution in [3.05, 3.63) is 101 Å². The van der Waals surface area contributed by atoms with E-state index in [0.29, 0.717) is 29.4 Å². The van der Waals surface area contributed by atoms with Gasteiger partial charge >= 0.3 is 5.97 Å². The van der Waals surface area contributed by atoms with E-state index < -0.39 is 5.97 Å². The molecule has 5 nitrogen and oxygen atoms in total.